The fraction of sp³-hybridized carbons (Fsp3) is 0.455. The SMILES string of the molecule is BrC[C@@H]1O[C@H](c2ccccc2)Cc2c1ccc1c2OC2(CCCCC2)O1. The van der Waals surface area contributed by atoms with E-state index in [2.05, 4.69) is 52.3 Å². The molecule has 1 spiro atoms. The summed E-state index contributed by atoms with van der Waals surface area (Å²) >= 11 is 3.63. The summed E-state index contributed by atoms with van der Waals surface area (Å²) < 4.78 is 19.3. The molecule has 26 heavy (non-hydrogen) atoms. The number of fused-ring (bicyclic) bond motifs is 3. The highest BCUT2D eigenvalue weighted by atomic mass is 79.9. The van der Waals surface area contributed by atoms with Crippen molar-refractivity contribution in [2.75, 3.05) is 5.33 Å². The van der Waals surface area contributed by atoms with E-state index in [9.17, 15) is 0 Å². The zero-order valence-corrected chi connectivity index (χ0v) is 16.3. The Hall–Kier alpha value is -1.52. The standard InChI is InChI=1S/C22H23BrO3/c23-14-20-16-9-10-18-21(26-22(25-18)11-5-2-6-12-22)17(16)13-19(24-20)15-7-3-1-4-8-15/h1,3-4,7-10,19-20H,2,5-6,11-14H2/t19-,20-/m0/s1. The molecule has 2 atom stereocenters. The highest BCUT2D eigenvalue weighted by Gasteiger charge is 2.45. The summed E-state index contributed by atoms with van der Waals surface area (Å²) in [6.07, 6.45) is 6.49. The van der Waals surface area contributed by atoms with Gasteiger partial charge in [0.2, 0.25) is 0 Å². The molecule has 1 saturated carbocycles. The molecule has 3 nitrogen and oxygen atoms in total. The van der Waals surface area contributed by atoms with E-state index in [1.165, 1.54) is 36.0 Å². The van der Waals surface area contributed by atoms with Gasteiger partial charge < -0.3 is 14.2 Å². The third-order valence-corrected chi connectivity index (χ3v) is 6.42. The first-order chi connectivity index (χ1) is 12.8. The van der Waals surface area contributed by atoms with Crippen molar-refractivity contribution < 1.29 is 14.2 Å². The Morgan fingerprint density at radius 2 is 1.77 bits per heavy atom. The number of benzene rings is 2. The van der Waals surface area contributed by atoms with Crippen LogP contribution in [0.15, 0.2) is 42.5 Å². The highest BCUT2D eigenvalue weighted by Crippen LogP contribution is 2.52. The molecule has 0 unspecified atom stereocenters. The van der Waals surface area contributed by atoms with Gasteiger partial charge in [-0.25, -0.2) is 0 Å². The van der Waals surface area contributed by atoms with Crippen molar-refractivity contribution in [1.82, 2.24) is 0 Å². The zero-order valence-electron chi connectivity index (χ0n) is 14.7. The summed E-state index contributed by atoms with van der Waals surface area (Å²) in [5.74, 6) is 1.44. The molecule has 0 N–H and O–H groups in total. The number of ether oxygens (including phenoxy) is 3. The van der Waals surface area contributed by atoms with Crippen molar-refractivity contribution in [2.45, 2.75) is 56.5 Å². The molecule has 1 aliphatic carbocycles. The number of alkyl halides is 1. The highest BCUT2D eigenvalue weighted by molar-refractivity contribution is 9.09. The van der Waals surface area contributed by atoms with E-state index >= 15 is 0 Å². The van der Waals surface area contributed by atoms with Crippen LogP contribution < -0.4 is 9.47 Å². The van der Waals surface area contributed by atoms with Gasteiger partial charge in [0.25, 0.3) is 5.79 Å². The molecule has 4 heteroatoms. The maximum Gasteiger partial charge on any atom is 0.251 e. The Labute approximate surface area is 162 Å². The van der Waals surface area contributed by atoms with Crippen LogP contribution in [0.5, 0.6) is 11.5 Å². The van der Waals surface area contributed by atoms with Crippen LogP contribution in [-0.2, 0) is 11.2 Å². The maximum atomic E-state index is 6.52. The van der Waals surface area contributed by atoms with Gasteiger partial charge in [-0.1, -0.05) is 58.7 Å². The summed E-state index contributed by atoms with van der Waals surface area (Å²) in [7, 11) is 0. The van der Waals surface area contributed by atoms with Crippen molar-refractivity contribution in [3.05, 3.63) is 59.2 Å². The van der Waals surface area contributed by atoms with Gasteiger partial charge in [-0.2, -0.15) is 0 Å². The second kappa shape index (κ2) is 6.58. The summed E-state index contributed by atoms with van der Waals surface area (Å²) in [4.78, 5) is 0. The van der Waals surface area contributed by atoms with Crippen LogP contribution >= 0.6 is 15.9 Å². The Morgan fingerprint density at radius 1 is 0.962 bits per heavy atom. The predicted octanol–water partition coefficient (Wildman–Crippen LogP) is 5.87. The molecule has 0 radical (unpaired) electrons. The lowest BCUT2D eigenvalue weighted by atomic mass is 9.90. The molecule has 2 aromatic carbocycles. The topological polar surface area (TPSA) is 27.7 Å². The Morgan fingerprint density at radius 3 is 2.54 bits per heavy atom. The second-order valence-electron chi connectivity index (χ2n) is 7.52. The smallest absolute Gasteiger partial charge is 0.251 e. The predicted molar refractivity (Wildman–Crippen MR) is 104 cm³/mol. The van der Waals surface area contributed by atoms with E-state index in [1.807, 2.05) is 6.07 Å². The number of hydrogen-bond donors (Lipinski definition) is 0. The minimum atomic E-state index is -0.430. The molecule has 3 aliphatic rings. The first kappa shape index (κ1) is 16.6. The molecule has 2 heterocycles. The van der Waals surface area contributed by atoms with Gasteiger partial charge in [-0.15, -0.1) is 0 Å². The van der Waals surface area contributed by atoms with Crippen molar-refractivity contribution in [3.8, 4) is 11.5 Å². The van der Waals surface area contributed by atoms with Crippen molar-refractivity contribution in [1.29, 1.82) is 0 Å². The molecule has 2 aromatic rings. The van der Waals surface area contributed by atoms with Gasteiger partial charge in [0, 0.05) is 30.2 Å². The molecule has 136 valence electrons. The molecule has 5 rings (SSSR count). The summed E-state index contributed by atoms with van der Waals surface area (Å²) in [6, 6.07) is 14.7. The monoisotopic (exact) mass is 414 g/mol. The first-order valence-electron chi connectivity index (χ1n) is 9.58. The summed E-state index contributed by atoms with van der Waals surface area (Å²) in [5.41, 5.74) is 3.70. The minimum absolute atomic E-state index is 0.0285. The lowest BCUT2D eigenvalue weighted by Gasteiger charge is -2.33. The lowest BCUT2D eigenvalue weighted by Crippen LogP contribution is -2.40. The van der Waals surface area contributed by atoms with E-state index in [4.69, 9.17) is 14.2 Å². The third-order valence-electron chi connectivity index (χ3n) is 5.84. The van der Waals surface area contributed by atoms with Gasteiger partial charge in [-0.3, -0.25) is 0 Å². The van der Waals surface area contributed by atoms with Crippen molar-refractivity contribution >= 4 is 15.9 Å². The third kappa shape index (κ3) is 2.74. The molecule has 0 amide bonds. The zero-order chi connectivity index (χ0) is 17.6. The van der Waals surface area contributed by atoms with Crippen LogP contribution in [0.3, 0.4) is 0 Å². The second-order valence-corrected chi connectivity index (χ2v) is 8.17. The fourth-order valence-electron chi connectivity index (χ4n) is 4.52. The van der Waals surface area contributed by atoms with Crippen molar-refractivity contribution in [2.24, 2.45) is 0 Å². The maximum absolute atomic E-state index is 6.52. The van der Waals surface area contributed by atoms with E-state index in [1.54, 1.807) is 0 Å². The molecule has 0 saturated heterocycles. The van der Waals surface area contributed by atoms with Gasteiger partial charge in [0.15, 0.2) is 11.5 Å². The Balaban J connectivity index is 1.53. The van der Waals surface area contributed by atoms with Gasteiger partial charge >= 0.3 is 0 Å². The van der Waals surface area contributed by atoms with Crippen LogP contribution in [0, 0.1) is 0 Å². The number of rotatable bonds is 2. The van der Waals surface area contributed by atoms with Crippen LogP contribution in [0.2, 0.25) is 0 Å². The number of hydrogen-bond acceptors (Lipinski definition) is 3. The summed E-state index contributed by atoms with van der Waals surface area (Å²) in [5, 5.41) is 0.772. The molecular formula is C22H23BrO3. The molecule has 2 aliphatic heterocycles. The van der Waals surface area contributed by atoms with Crippen molar-refractivity contribution in [3.63, 3.8) is 0 Å². The Kier molecular flexibility index (Phi) is 4.21. The summed E-state index contributed by atoms with van der Waals surface area (Å²) in [6.45, 7) is 0. The minimum Gasteiger partial charge on any atom is -0.448 e. The average Bonchev–Trinajstić information content (AvgIpc) is 3.06. The largest absolute Gasteiger partial charge is 0.448 e. The van der Waals surface area contributed by atoms with E-state index in [0.29, 0.717) is 0 Å². The quantitative estimate of drug-likeness (QED) is 0.575. The van der Waals surface area contributed by atoms with Crippen LogP contribution in [0.4, 0.5) is 0 Å². The van der Waals surface area contributed by atoms with E-state index in [0.717, 1.165) is 36.1 Å². The fourth-order valence-corrected chi connectivity index (χ4v) is 5.02. The van der Waals surface area contributed by atoms with Gasteiger partial charge in [0.05, 0.1) is 12.2 Å². The molecule has 0 aromatic heterocycles. The molecule has 0 bridgehead atoms. The van der Waals surface area contributed by atoms with Crippen LogP contribution in [0.1, 0.15) is 61.0 Å². The normalized spacial score (nSPS) is 25.9. The van der Waals surface area contributed by atoms with Crippen LogP contribution in [0.25, 0.3) is 0 Å². The Bertz CT molecular complexity index is 799. The number of halogens is 1. The van der Waals surface area contributed by atoms with Crippen LogP contribution in [-0.4, -0.2) is 11.1 Å². The molecule has 1 fully saturated rings. The van der Waals surface area contributed by atoms with E-state index < -0.39 is 5.79 Å². The first-order valence-corrected chi connectivity index (χ1v) is 10.7. The van der Waals surface area contributed by atoms with E-state index in [-0.39, 0.29) is 12.2 Å². The lowest BCUT2D eigenvalue weighted by molar-refractivity contribution is -0.106. The van der Waals surface area contributed by atoms with Gasteiger partial charge in [0.1, 0.15) is 0 Å². The van der Waals surface area contributed by atoms with Gasteiger partial charge in [-0.05, 0) is 30.0 Å². The average molecular weight is 415 g/mol. The molecular weight excluding hydrogens is 392 g/mol.